The Morgan fingerprint density at radius 2 is 2.05 bits per heavy atom. The second-order valence-corrected chi connectivity index (χ2v) is 5.99. The Balaban J connectivity index is 1.81. The fourth-order valence-electron chi connectivity index (χ4n) is 3.43. The number of aromatic nitrogens is 1. The van der Waals surface area contributed by atoms with Crippen LogP contribution in [0.25, 0.3) is 0 Å². The second kappa shape index (κ2) is 6.86. The molecule has 1 heterocycles. The van der Waals surface area contributed by atoms with Gasteiger partial charge in [0.25, 0.3) is 0 Å². The van der Waals surface area contributed by atoms with Gasteiger partial charge >= 0.3 is 0 Å². The third-order valence-corrected chi connectivity index (χ3v) is 4.51. The van der Waals surface area contributed by atoms with Gasteiger partial charge in [0, 0.05) is 18.4 Å². The van der Waals surface area contributed by atoms with Crippen molar-refractivity contribution in [3.63, 3.8) is 0 Å². The molecule has 0 spiro atoms. The van der Waals surface area contributed by atoms with Crippen LogP contribution in [0.3, 0.4) is 0 Å². The predicted octanol–water partition coefficient (Wildman–Crippen LogP) is 3.93. The molecule has 21 heavy (non-hydrogen) atoms. The third kappa shape index (κ3) is 3.33. The molecule has 2 heteroatoms. The molecule has 3 rings (SSSR count). The average molecular weight is 280 g/mol. The summed E-state index contributed by atoms with van der Waals surface area (Å²) in [5.74, 6) is 0.663. The average Bonchev–Trinajstić information content (AvgIpc) is 2.56. The quantitative estimate of drug-likeness (QED) is 0.897. The van der Waals surface area contributed by atoms with Crippen LogP contribution in [0.15, 0.2) is 48.8 Å². The van der Waals surface area contributed by atoms with Crippen LogP contribution in [0.1, 0.15) is 42.5 Å². The molecule has 0 radical (unpaired) electrons. The van der Waals surface area contributed by atoms with E-state index in [1.165, 1.54) is 42.4 Å². The lowest BCUT2D eigenvalue weighted by atomic mass is 9.78. The highest BCUT2D eigenvalue weighted by Gasteiger charge is 2.26. The molecule has 0 amide bonds. The second-order valence-electron chi connectivity index (χ2n) is 5.99. The first kappa shape index (κ1) is 14.3. The van der Waals surface area contributed by atoms with Crippen molar-refractivity contribution in [1.29, 1.82) is 0 Å². The van der Waals surface area contributed by atoms with Gasteiger partial charge in [0.05, 0.1) is 0 Å². The Bertz CT molecular complexity index is 565. The number of hydrogen-bond acceptors (Lipinski definition) is 2. The number of rotatable bonds is 5. The highest BCUT2D eigenvalue weighted by Crippen LogP contribution is 2.34. The van der Waals surface area contributed by atoms with Gasteiger partial charge in [-0.2, -0.15) is 0 Å². The molecule has 2 nitrogen and oxygen atoms in total. The lowest BCUT2D eigenvalue weighted by molar-refractivity contribution is 0.326. The number of pyridine rings is 1. The van der Waals surface area contributed by atoms with Gasteiger partial charge < -0.3 is 5.32 Å². The van der Waals surface area contributed by atoms with Crippen LogP contribution in [-0.4, -0.2) is 11.5 Å². The van der Waals surface area contributed by atoms with E-state index in [9.17, 15) is 0 Å². The van der Waals surface area contributed by atoms with Crippen molar-refractivity contribution in [2.75, 3.05) is 6.54 Å². The summed E-state index contributed by atoms with van der Waals surface area (Å²) in [6, 6.07) is 13.6. The van der Waals surface area contributed by atoms with Crippen molar-refractivity contribution in [2.45, 2.75) is 38.6 Å². The Morgan fingerprint density at radius 3 is 2.81 bits per heavy atom. The third-order valence-electron chi connectivity index (χ3n) is 4.51. The van der Waals surface area contributed by atoms with Crippen molar-refractivity contribution in [2.24, 2.45) is 5.92 Å². The van der Waals surface area contributed by atoms with E-state index in [-0.39, 0.29) is 0 Å². The van der Waals surface area contributed by atoms with Crippen LogP contribution >= 0.6 is 0 Å². The minimum Gasteiger partial charge on any atom is -0.310 e. The van der Waals surface area contributed by atoms with Crippen LogP contribution < -0.4 is 5.32 Å². The largest absolute Gasteiger partial charge is 0.310 e. The zero-order valence-electron chi connectivity index (χ0n) is 12.8. The number of fused-ring (bicyclic) bond motifs is 1. The van der Waals surface area contributed by atoms with Gasteiger partial charge in [-0.1, -0.05) is 37.3 Å². The molecular formula is C19H24N2. The fraction of sp³-hybridized carbons (Fsp3) is 0.421. The first-order valence-electron chi connectivity index (χ1n) is 8.08. The van der Waals surface area contributed by atoms with E-state index in [1.807, 2.05) is 18.5 Å². The monoisotopic (exact) mass is 280 g/mol. The summed E-state index contributed by atoms with van der Waals surface area (Å²) in [7, 11) is 0. The van der Waals surface area contributed by atoms with Crippen LogP contribution in [-0.2, 0) is 12.8 Å². The zero-order chi connectivity index (χ0) is 14.5. The molecule has 110 valence electrons. The Hall–Kier alpha value is -1.67. The Kier molecular flexibility index (Phi) is 4.66. The standard InChI is InChI=1S/C19H24N2/c1-2-11-21-19(18-8-5-12-20-14-18)17-10-9-15-6-3-4-7-16(15)13-17/h3-8,12,14,17,19,21H,2,9-11,13H2,1H3. The molecule has 2 aromatic rings. The highest BCUT2D eigenvalue weighted by atomic mass is 14.9. The van der Waals surface area contributed by atoms with Crippen molar-refractivity contribution < 1.29 is 0 Å². The van der Waals surface area contributed by atoms with Gasteiger partial charge in [0.15, 0.2) is 0 Å². The van der Waals surface area contributed by atoms with Gasteiger partial charge in [-0.05, 0) is 60.9 Å². The molecule has 0 saturated heterocycles. The van der Waals surface area contributed by atoms with E-state index < -0.39 is 0 Å². The lowest BCUT2D eigenvalue weighted by Gasteiger charge is -2.32. The molecule has 1 aromatic heterocycles. The SMILES string of the molecule is CCCNC(c1cccnc1)C1CCc2ccccc2C1. The summed E-state index contributed by atoms with van der Waals surface area (Å²) in [5.41, 5.74) is 4.39. The molecule has 2 unspecified atom stereocenters. The van der Waals surface area contributed by atoms with E-state index in [4.69, 9.17) is 0 Å². The molecule has 1 N–H and O–H groups in total. The lowest BCUT2D eigenvalue weighted by Crippen LogP contribution is -2.32. The minimum atomic E-state index is 0.423. The molecule has 2 atom stereocenters. The van der Waals surface area contributed by atoms with Crippen molar-refractivity contribution in [3.05, 3.63) is 65.5 Å². The maximum atomic E-state index is 4.31. The molecule has 0 bridgehead atoms. The van der Waals surface area contributed by atoms with Crippen molar-refractivity contribution >= 4 is 0 Å². The number of aryl methyl sites for hydroxylation is 1. The van der Waals surface area contributed by atoms with E-state index in [1.54, 1.807) is 0 Å². The minimum absolute atomic E-state index is 0.423. The normalized spacial score (nSPS) is 19.0. The summed E-state index contributed by atoms with van der Waals surface area (Å²) >= 11 is 0. The topological polar surface area (TPSA) is 24.9 Å². The van der Waals surface area contributed by atoms with E-state index in [0.29, 0.717) is 12.0 Å². The summed E-state index contributed by atoms with van der Waals surface area (Å²) in [5, 5.41) is 3.75. The first-order valence-corrected chi connectivity index (χ1v) is 8.08. The fourth-order valence-corrected chi connectivity index (χ4v) is 3.43. The molecule has 1 aliphatic carbocycles. The van der Waals surface area contributed by atoms with Crippen molar-refractivity contribution in [3.8, 4) is 0 Å². The van der Waals surface area contributed by atoms with E-state index >= 15 is 0 Å². The molecule has 1 aromatic carbocycles. The maximum absolute atomic E-state index is 4.31. The number of nitrogens with one attached hydrogen (secondary N) is 1. The summed E-state index contributed by atoms with van der Waals surface area (Å²) in [6.07, 6.45) is 8.68. The van der Waals surface area contributed by atoms with Crippen LogP contribution in [0.5, 0.6) is 0 Å². The zero-order valence-corrected chi connectivity index (χ0v) is 12.8. The Morgan fingerprint density at radius 1 is 1.19 bits per heavy atom. The summed E-state index contributed by atoms with van der Waals surface area (Å²) in [4.78, 5) is 4.31. The van der Waals surface area contributed by atoms with E-state index in [2.05, 4.69) is 47.6 Å². The summed E-state index contributed by atoms with van der Waals surface area (Å²) in [6.45, 7) is 3.29. The highest BCUT2D eigenvalue weighted by molar-refractivity contribution is 5.31. The van der Waals surface area contributed by atoms with Crippen LogP contribution in [0.4, 0.5) is 0 Å². The molecule has 1 aliphatic rings. The van der Waals surface area contributed by atoms with E-state index in [0.717, 1.165) is 6.54 Å². The van der Waals surface area contributed by atoms with Gasteiger partial charge in [-0.15, -0.1) is 0 Å². The first-order chi connectivity index (χ1) is 10.4. The molecule has 0 saturated carbocycles. The Labute approximate surface area is 127 Å². The predicted molar refractivity (Wildman–Crippen MR) is 87.2 cm³/mol. The smallest absolute Gasteiger partial charge is 0.0367 e. The number of hydrogen-bond donors (Lipinski definition) is 1. The van der Waals surface area contributed by atoms with Crippen LogP contribution in [0, 0.1) is 5.92 Å². The number of benzene rings is 1. The molecular weight excluding hydrogens is 256 g/mol. The van der Waals surface area contributed by atoms with Crippen molar-refractivity contribution in [1.82, 2.24) is 10.3 Å². The molecule has 0 fully saturated rings. The maximum Gasteiger partial charge on any atom is 0.0367 e. The van der Waals surface area contributed by atoms with Gasteiger partial charge in [-0.3, -0.25) is 4.98 Å². The summed E-state index contributed by atoms with van der Waals surface area (Å²) < 4.78 is 0. The van der Waals surface area contributed by atoms with Gasteiger partial charge in [-0.25, -0.2) is 0 Å². The molecule has 0 aliphatic heterocycles. The number of nitrogens with zero attached hydrogens (tertiary/aromatic N) is 1. The van der Waals surface area contributed by atoms with Gasteiger partial charge in [0.1, 0.15) is 0 Å². The van der Waals surface area contributed by atoms with Gasteiger partial charge in [0.2, 0.25) is 0 Å². The van der Waals surface area contributed by atoms with Crippen LogP contribution in [0.2, 0.25) is 0 Å².